The third kappa shape index (κ3) is 1.77. The van der Waals surface area contributed by atoms with E-state index >= 15 is 0 Å². The molecule has 1 N–H and O–H groups in total. The van der Waals surface area contributed by atoms with E-state index < -0.39 is 5.97 Å². The molecule has 1 aromatic rings. The lowest BCUT2D eigenvalue weighted by Crippen LogP contribution is -1.91. The van der Waals surface area contributed by atoms with Crippen LogP contribution in [-0.2, 0) is 0 Å². The normalized spacial score (nSPS) is 8.50. The van der Waals surface area contributed by atoms with E-state index in [0.717, 1.165) is 5.56 Å². The van der Waals surface area contributed by atoms with E-state index in [1.807, 2.05) is 0 Å². The molecule has 3 nitrogen and oxygen atoms in total. The summed E-state index contributed by atoms with van der Waals surface area (Å²) >= 11 is 0. The van der Waals surface area contributed by atoms with Crippen molar-refractivity contribution >= 4 is 18.4 Å². The first-order chi connectivity index (χ1) is 4.20. The quantitative estimate of drug-likeness (QED) is 0.684. The van der Waals surface area contributed by atoms with Crippen LogP contribution < -0.4 is 0 Å². The van der Waals surface area contributed by atoms with Crippen molar-refractivity contribution in [2.75, 3.05) is 0 Å². The van der Waals surface area contributed by atoms with E-state index in [-0.39, 0.29) is 18.2 Å². The first-order valence-corrected chi connectivity index (χ1v) is 2.48. The molecule has 0 atom stereocenters. The zero-order valence-corrected chi connectivity index (χ0v) is 6.14. The average Bonchev–Trinajstić information content (AvgIpc) is 2.14. The Morgan fingerprint density at radius 2 is 2.30 bits per heavy atom. The lowest BCUT2D eigenvalue weighted by molar-refractivity contribution is 0.0662. The van der Waals surface area contributed by atoms with Gasteiger partial charge in [-0.1, -0.05) is 0 Å². The van der Waals surface area contributed by atoms with Crippen LogP contribution in [0.15, 0.2) is 16.7 Å². The number of carbonyl (C=O) groups is 1. The molecule has 0 aromatic carbocycles. The summed E-state index contributed by atoms with van der Waals surface area (Å²) in [6, 6.07) is 1.47. The number of halogens is 1. The Hall–Kier alpha value is -0.960. The maximum atomic E-state index is 10.1. The van der Waals surface area contributed by atoms with Crippen molar-refractivity contribution in [1.29, 1.82) is 0 Å². The molecule has 0 saturated heterocycles. The standard InChI is InChI=1S/C6H6O3.ClH/c1-4-2-5(6(7)8)9-3-4;/h2-3H,1H3,(H,7,8);1H. The molecule has 0 saturated carbocycles. The SMILES string of the molecule is Cc1coc(C(=O)O)c1.Cl. The minimum absolute atomic E-state index is 0. The second kappa shape index (κ2) is 3.27. The fourth-order valence-corrected chi connectivity index (χ4v) is 0.543. The van der Waals surface area contributed by atoms with Crippen LogP contribution in [0.2, 0.25) is 0 Å². The molecular formula is C6H7ClO3. The lowest BCUT2D eigenvalue weighted by atomic mass is 10.3. The second-order valence-corrected chi connectivity index (χ2v) is 1.79. The van der Waals surface area contributed by atoms with Crippen LogP contribution in [0.4, 0.5) is 0 Å². The van der Waals surface area contributed by atoms with Crippen LogP contribution in [0.1, 0.15) is 16.1 Å². The van der Waals surface area contributed by atoms with Gasteiger partial charge in [-0.3, -0.25) is 0 Å². The van der Waals surface area contributed by atoms with E-state index in [1.165, 1.54) is 12.3 Å². The molecule has 56 valence electrons. The van der Waals surface area contributed by atoms with Crippen molar-refractivity contribution in [3.63, 3.8) is 0 Å². The number of furan rings is 1. The zero-order valence-electron chi connectivity index (χ0n) is 5.33. The number of hydrogen-bond acceptors (Lipinski definition) is 2. The second-order valence-electron chi connectivity index (χ2n) is 1.79. The maximum Gasteiger partial charge on any atom is 0.371 e. The van der Waals surface area contributed by atoms with Crippen LogP contribution in [-0.4, -0.2) is 11.1 Å². The van der Waals surface area contributed by atoms with Gasteiger partial charge in [-0.15, -0.1) is 12.4 Å². The van der Waals surface area contributed by atoms with E-state index in [1.54, 1.807) is 6.92 Å². The molecule has 0 bridgehead atoms. The predicted molar refractivity (Wildman–Crippen MR) is 37.7 cm³/mol. The number of aryl methyl sites for hydroxylation is 1. The zero-order chi connectivity index (χ0) is 6.85. The number of aromatic carboxylic acids is 1. The Balaban J connectivity index is 0.000000810. The van der Waals surface area contributed by atoms with Gasteiger partial charge in [0.2, 0.25) is 5.76 Å². The highest BCUT2D eigenvalue weighted by Gasteiger charge is 2.04. The van der Waals surface area contributed by atoms with Crippen LogP contribution in [0.25, 0.3) is 0 Å². The van der Waals surface area contributed by atoms with Gasteiger partial charge in [0, 0.05) is 0 Å². The Kier molecular flexibility index (Phi) is 2.96. The topological polar surface area (TPSA) is 50.4 Å². The van der Waals surface area contributed by atoms with Crippen LogP contribution in [0.5, 0.6) is 0 Å². The highest BCUT2D eigenvalue weighted by Crippen LogP contribution is 2.04. The summed E-state index contributed by atoms with van der Waals surface area (Å²) in [6.07, 6.45) is 1.41. The minimum atomic E-state index is -1.02. The lowest BCUT2D eigenvalue weighted by Gasteiger charge is -1.79. The smallest absolute Gasteiger partial charge is 0.371 e. The maximum absolute atomic E-state index is 10.1. The first-order valence-electron chi connectivity index (χ1n) is 2.48. The molecule has 0 amide bonds. The number of carboxylic acid groups (broad SMARTS) is 1. The Bertz CT molecular complexity index is 229. The molecule has 0 aliphatic carbocycles. The van der Waals surface area contributed by atoms with E-state index in [2.05, 4.69) is 4.42 Å². The Labute approximate surface area is 64.1 Å². The molecule has 0 fully saturated rings. The summed E-state index contributed by atoms with van der Waals surface area (Å²) in [5, 5.41) is 8.30. The average molecular weight is 163 g/mol. The van der Waals surface area contributed by atoms with Crippen LogP contribution in [0, 0.1) is 6.92 Å². The summed E-state index contributed by atoms with van der Waals surface area (Å²) in [4.78, 5) is 10.1. The summed E-state index contributed by atoms with van der Waals surface area (Å²) in [7, 11) is 0. The van der Waals surface area contributed by atoms with E-state index in [9.17, 15) is 4.79 Å². The summed E-state index contributed by atoms with van der Waals surface area (Å²) in [5.74, 6) is -1.03. The fraction of sp³-hybridized carbons (Fsp3) is 0.167. The van der Waals surface area contributed by atoms with Gasteiger partial charge in [-0.2, -0.15) is 0 Å². The van der Waals surface area contributed by atoms with Crippen LogP contribution in [0.3, 0.4) is 0 Å². The number of carboxylic acids is 1. The third-order valence-electron chi connectivity index (χ3n) is 0.941. The molecule has 4 heteroatoms. The van der Waals surface area contributed by atoms with Gasteiger partial charge in [0.05, 0.1) is 6.26 Å². The molecule has 0 aliphatic heterocycles. The largest absolute Gasteiger partial charge is 0.475 e. The van der Waals surface area contributed by atoms with Gasteiger partial charge in [-0.25, -0.2) is 4.79 Å². The minimum Gasteiger partial charge on any atom is -0.475 e. The van der Waals surface area contributed by atoms with Crippen molar-refractivity contribution in [2.24, 2.45) is 0 Å². The molecular weight excluding hydrogens is 156 g/mol. The fourth-order valence-electron chi connectivity index (χ4n) is 0.543. The van der Waals surface area contributed by atoms with Gasteiger partial charge >= 0.3 is 5.97 Å². The van der Waals surface area contributed by atoms with Gasteiger partial charge in [0.15, 0.2) is 0 Å². The molecule has 1 rings (SSSR count). The summed E-state index contributed by atoms with van der Waals surface area (Å²) in [5.41, 5.74) is 0.826. The first kappa shape index (κ1) is 9.04. The highest BCUT2D eigenvalue weighted by molar-refractivity contribution is 5.85. The van der Waals surface area contributed by atoms with Crippen molar-refractivity contribution in [2.45, 2.75) is 6.92 Å². The van der Waals surface area contributed by atoms with Crippen molar-refractivity contribution < 1.29 is 14.3 Å². The Morgan fingerprint density at radius 1 is 1.70 bits per heavy atom. The Morgan fingerprint density at radius 3 is 2.50 bits per heavy atom. The van der Waals surface area contributed by atoms with Crippen molar-refractivity contribution in [3.8, 4) is 0 Å². The monoisotopic (exact) mass is 162 g/mol. The van der Waals surface area contributed by atoms with Gasteiger partial charge in [0.25, 0.3) is 0 Å². The van der Waals surface area contributed by atoms with E-state index in [0.29, 0.717) is 0 Å². The summed E-state index contributed by atoms with van der Waals surface area (Å²) in [6.45, 7) is 1.77. The van der Waals surface area contributed by atoms with Crippen molar-refractivity contribution in [3.05, 3.63) is 23.7 Å². The van der Waals surface area contributed by atoms with Gasteiger partial charge < -0.3 is 9.52 Å². The summed E-state index contributed by atoms with van der Waals surface area (Å²) < 4.78 is 4.63. The predicted octanol–water partition coefficient (Wildman–Crippen LogP) is 1.71. The molecule has 1 heterocycles. The molecule has 1 aromatic heterocycles. The van der Waals surface area contributed by atoms with Gasteiger partial charge in [0.1, 0.15) is 0 Å². The molecule has 0 radical (unpaired) electrons. The number of hydrogen-bond donors (Lipinski definition) is 1. The third-order valence-corrected chi connectivity index (χ3v) is 0.941. The molecule has 0 spiro atoms. The molecule has 10 heavy (non-hydrogen) atoms. The van der Waals surface area contributed by atoms with Crippen LogP contribution >= 0.6 is 12.4 Å². The van der Waals surface area contributed by atoms with E-state index in [4.69, 9.17) is 5.11 Å². The molecule has 0 aliphatic rings. The highest BCUT2D eigenvalue weighted by atomic mass is 35.5. The van der Waals surface area contributed by atoms with Gasteiger partial charge in [-0.05, 0) is 18.6 Å². The number of rotatable bonds is 1. The molecule has 0 unspecified atom stereocenters. The van der Waals surface area contributed by atoms with Crippen molar-refractivity contribution in [1.82, 2.24) is 0 Å².